The highest BCUT2D eigenvalue weighted by atomic mass is 35.5. The number of non-ortho nitro benzene ring substituents is 1. The summed E-state index contributed by atoms with van der Waals surface area (Å²) in [6.45, 7) is 4.72. The first-order valence-corrected chi connectivity index (χ1v) is 8.36. The van der Waals surface area contributed by atoms with Crippen LogP contribution < -0.4 is 5.32 Å². The quantitative estimate of drug-likeness (QED) is 0.452. The number of benzene rings is 1. The average molecular weight is 371 g/mol. The van der Waals surface area contributed by atoms with Crippen molar-refractivity contribution in [2.24, 2.45) is 5.92 Å². The fourth-order valence-electron chi connectivity index (χ4n) is 1.80. The molecule has 1 aromatic carbocycles. The van der Waals surface area contributed by atoms with Crippen molar-refractivity contribution < 1.29 is 9.72 Å². The number of aromatic nitrogens is 4. The number of nitrogens with one attached hydrogen (secondary N) is 1. The Morgan fingerprint density at radius 1 is 1.50 bits per heavy atom. The van der Waals surface area contributed by atoms with Gasteiger partial charge in [0.05, 0.1) is 21.4 Å². The number of nitrogens with zero attached hydrogens (tertiary/aromatic N) is 5. The fraction of sp³-hybridized carbons (Fsp3) is 0.385. The Kier molecular flexibility index (Phi) is 6.10. The van der Waals surface area contributed by atoms with Crippen LogP contribution in [0.2, 0.25) is 5.02 Å². The Morgan fingerprint density at radius 3 is 2.92 bits per heavy atom. The van der Waals surface area contributed by atoms with Gasteiger partial charge in [-0.05, 0) is 22.4 Å². The summed E-state index contributed by atoms with van der Waals surface area (Å²) in [6.07, 6.45) is 0. The molecule has 0 spiro atoms. The third kappa shape index (κ3) is 4.90. The maximum absolute atomic E-state index is 12.0. The Bertz CT molecular complexity index is 751. The molecule has 1 amide bonds. The molecule has 1 heterocycles. The van der Waals surface area contributed by atoms with E-state index in [1.165, 1.54) is 30.0 Å². The van der Waals surface area contributed by atoms with Gasteiger partial charge in [-0.25, -0.2) is 4.68 Å². The molecule has 0 saturated carbocycles. The summed E-state index contributed by atoms with van der Waals surface area (Å²) in [6, 6.07) is 3.85. The molecular weight excluding hydrogens is 356 g/mol. The fourth-order valence-corrected chi connectivity index (χ4v) is 2.65. The van der Waals surface area contributed by atoms with Gasteiger partial charge in [-0.2, -0.15) is 0 Å². The Labute approximate surface area is 146 Å². The third-order valence-electron chi connectivity index (χ3n) is 2.80. The zero-order valence-corrected chi connectivity index (χ0v) is 14.5. The van der Waals surface area contributed by atoms with Crippen LogP contribution >= 0.6 is 23.4 Å². The molecule has 0 aliphatic heterocycles. The summed E-state index contributed by atoms with van der Waals surface area (Å²) >= 11 is 7.12. The molecule has 2 rings (SSSR count). The van der Waals surface area contributed by atoms with Crippen molar-refractivity contribution in [3.8, 4) is 0 Å². The molecule has 128 valence electrons. The molecule has 0 radical (unpaired) electrons. The van der Waals surface area contributed by atoms with Crippen molar-refractivity contribution in [3.63, 3.8) is 0 Å². The number of anilines is 1. The van der Waals surface area contributed by atoms with E-state index in [1.807, 2.05) is 13.8 Å². The maximum atomic E-state index is 12.0. The van der Waals surface area contributed by atoms with Crippen molar-refractivity contribution in [1.29, 1.82) is 0 Å². The number of nitro benzene ring substituents is 1. The van der Waals surface area contributed by atoms with Gasteiger partial charge in [-0.15, -0.1) is 5.10 Å². The largest absolute Gasteiger partial charge is 0.324 e. The van der Waals surface area contributed by atoms with Crippen LogP contribution in [-0.2, 0) is 11.3 Å². The summed E-state index contributed by atoms with van der Waals surface area (Å²) < 4.78 is 1.63. The third-order valence-corrected chi connectivity index (χ3v) is 4.09. The maximum Gasteiger partial charge on any atom is 0.271 e. The van der Waals surface area contributed by atoms with Gasteiger partial charge in [0.25, 0.3) is 5.69 Å². The average Bonchev–Trinajstić information content (AvgIpc) is 2.93. The highest BCUT2D eigenvalue weighted by molar-refractivity contribution is 7.99. The van der Waals surface area contributed by atoms with E-state index in [-0.39, 0.29) is 28.1 Å². The minimum atomic E-state index is -0.555. The number of hydrogen-bond donors (Lipinski definition) is 1. The van der Waals surface area contributed by atoms with E-state index in [2.05, 4.69) is 20.8 Å². The van der Waals surface area contributed by atoms with E-state index in [9.17, 15) is 14.9 Å². The first kappa shape index (κ1) is 18.1. The van der Waals surface area contributed by atoms with E-state index in [0.29, 0.717) is 17.6 Å². The minimum absolute atomic E-state index is 0.0531. The predicted octanol–water partition coefficient (Wildman–Crippen LogP) is 2.62. The molecule has 11 heteroatoms. The van der Waals surface area contributed by atoms with E-state index < -0.39 is 4.92 Å². The number of tetrazole rings is 1. The van der Waals surface area contributed by atoms with Crippen LogP contribution in [0.1, 0.15) is 13.8 Å². The van der Waals surface area contributed by atoms with Gasteiger partial charge in [0.2, 0.25) is 11.1 Å². The molecule has 2 aromatic rings. The van der Waals surface area contributed by atoms with Crippen LogP contribution in [-0.4, -0.2) is 36.8 Å². The second kappa shape index (κ2) is 8.06. The SMILES string of the molecule is CC(C)Cn1nnnc1SCC(=O)Nc1cc([N+](=O)[O-])ccc1Cl. The van der Waals surface area contributed by atoms with E-state index in [4.69, 9.17) is 11.6 Å². The molecule has 1 N–H and O–H groups in total. The smallest absolute Gasteiger partial charge is 0.271 e. The molecule has 24 heavy (non-hydrogen) atoms. The molecule has 0 aliphatic rings. The monoisotopic (exact) mass is 370 g/mol. The molecule has 0 fully saturated rings. The first-order chi connectivity index (χ1) is 11.4. The van der Waals surface area contributed by atoms with E-state index in [0.717, 1.165) is 0 Å². The normalized spacial score (nSPS) is 10.8. The molecular formula is C13H15ClN6O3S. The molecule has 0 bridgehead atoms. The topological polar surface area (TPSA) is 116 Å². The first-order valence-electron chi connectivity index (χ1n) is 6.99. The second-order valence-corrected chi connectivity index (χ2v) is 6.65. The Hall–Kier alpha value is -2.20. The zero-order valence-electron chi connectivity index (χ0n) is 13.0. The molecule has 0 saturated heterocycles. The van der Waals surface area contributed by atoms with Crippen LogP contribution in [0.25, 0.3) is 0 Å². The van der Waals surface area contributed by atoms with Gasteiger partial charge < -0.3 is 5.32 Å². The van der Waals surface area contributed by atoms with Gasteiger partial charge in [0.15, 0.2) is 0 Å². The minimum Gasteiger partial charge on any atom is -0.324 e. The second-order valence-electron chi connectivity index (χ2n) is 5.30. The molecule has 1 aromatic heterocycles. The highest BCUT2D eigenvalue weighted by Gasteiger charge is 2.14. The van der Waals surface area contributed by atoms with Crippen molar-refractivity contribution in [2.75, 3.05) is 11.1 Å². The summed E-state index contributed by atoms with van der Waals surface area (Å²) in [5.41, 5.74) is 0.0430. The number of halogens is 1. The molecule has 0 atom stereocenters. The van der Waals surface area contributed by atoms with Gasteiger partial charge in [0.1, 0.15) is 0 Å². The van der Waals surface area contributed by atoms with Crippen LogP contribution in [0.5, 0.6) is 0 Å². The van der Waals surface area contributed by atoms with Gasteiger partial charge in [0, 0.05) is 18.7 Å². The van der Waals surface area contributed by atoms with Gasteiger partial charge >= 0.3 is 0 Å². The highest BCUT2D eigenvalue weighted by Crippen LogP contribution is 2.27. The zero-order chi connectivity index (χ0) is 17.7. The number of carbonyl (C=O) groups is 1. The number of thioether (sulfide) groups is 1. The number of carbonyl (C=O) groups excluding carboxylic acids is 1. The van der Waals surface area contributed by atoms with Crippen LogP contribution in [0.4, 0.5) is 11.4 Å². The summed E-state index contributed by atoms with van der Waals surface area (Å²) in [5, 5.41) is 25.4. The summed E-state index contributed by atoms with van der Waals surface area (Å²) in [5.74, 6) is 0.0594. The lowest BCUT2D eigenvalue weighted by atomic mass is 10.2. The summed E-state index contributed by atoms with van der Waals surface area (Å²) in [7, 11) is 0. The predicted molar refractivity (Wildman–Crippen MR) is 90.1 cm³/mol. The van der Waals surface area contributed by atoms with Crippen LogP contribution in [0.3, 0.4) is 0 Å². The molecule has 0 aliphatic carbocycles. The number of hydrogen-bond acceptors (Lipinski definition) is 7. The van der Waals surface area contributed by atoms with E-state index in [1.54, 1.807) is 4.68 Å². The van der Waals surface area contributed by atoms with Gasteiger partial charge in [-0.1, -0.05) is 37.2 Å². The molecule has 9 nitrogen and oxygen atoms in total. The van der Waals surface area contributed by atoms with Crippen molar-refractivity contribution in [1.82, 2.24) is 20.2 Å². The lowest BCUT2D eigenvalue weighted by Crippen LogP contribution is -2.15. The Balaban J connectivity index is 1.98. The lowest BCUT2D eigenvalue weighted by Gasteiger charge is -2.08. The van der Waals surface area contributed by atoms with Crippen molar-refractivity contribution in [2.45, 2.75) is 25.5 Å². The summed E-state index contributed by atoms with van der Waals surface area (Å²) in [4.78, 5) is 22.3. The standard InChI is InChI=1S/C13H15ClN6O3S/c1-8(2)6-19-13(16-17-18-19)24-7-12(21)15-11-5-9(20(22)23)3-4-10(11)14/h3-5,8H,6-7H2,1-2H3,(H,15,21). The lowest BCUT2D eigenvalue weighted by molar-refractivity contribution is -0.384. The van der Waals surface area contributed by atoms with Crippen LogP contribution in [0.15, 0.2) is 23.4 Å². The van der Waals surface area contributed by atoms with Crippen molar-refractivity contribution >= 4 is 40.6 Å². The number of rotatable bonds is 7. The van der Waals surface area contributed by atoms with E-state index >= 15 is 0 Å². The van der Waals surface area contributed by atoms with Crippen LogP contribution in [0, 0.1) is 16.0 Å². The van der Waals surface area contributed by atoms with Gasteiger partial charge in [-0.3, -0.25) is 14.9 Å². The van der Waals surface area contributed by atoms with Crippen molar-refractivity contribution in [3.05, 3.63) is 33.3 Å². The molecule has 0 unspecified atom stereocenters. The Morgan fingerprint density at radius 2 is 2.25 bits per heavy atom. The number of amides is 1. The number of nitro groups is 1.